The van der Waals surface area contributed by atoms with Crippen molar-refractivity contribution in [2.45, 2.75) is 6.18 Å². The lowest BCUT2D eigenvalue weighted by Crippen LogP contribution is -2.06. The van der Waals surface area contributed by atoms with E-state index in [0.29, 0.717) is 11.4 Å². The molecule has 0 spiro atoms. The Morgan fingerprint density at radius 3 is 2.53 bits per heavy atom. The molecule has 0 bridgehead atoms. The highest BCUT2D eigenvalue weighted by Crippen LogP contribution is 2.36. The molecule has 7 heteroatoms. The summed E-state index contributed by atoms with van der Waals surface area (Å²) in [6.07, 6.45) is -2.96. The van der Waals surface area contributed by atoms with Gasteiger partial charge in [0.15, 0.2) is 5.82 Å². The zero-order chi connectivity index (χ0) is 12.6. The third-order valence-corrected chi connectivity index (χ3v) is 2.93. The Morgan fingerprint density at radius 1 is 1.29 bits per heavy atom. The topological polar surface area (TPSA) is 30.7 Å². The molecule has 2 rings (SSSR count). The van der Waals surface area contributed by atoms with E-state index in [1.165, 1.54) is 12.4 Å². The van der Waals surface area contributed by atoms with Crippen LogP contribution in [-0.4, -0.2) is 14.8 Å². The number of aryl methyl sites for hydroxylation is 1. The standard InChI is InChI=1S/C10H7BrF3N3/c1-17-5-15-16-9(17)6-2-3-8(11)7(4-6)10(12,13)14/h2-5H,1H3. The van der Waals surface area contributed by atoms with E-state index in [-0.39, 0.29) is 4.47 Å². The quantitative estimate of drug-likeness (QED) is 0.809. The predicted octanol–water partition coefficient (Wildman–Crippen LogP) is 3.26. The predicted molar refractivity (Wildman–Crippen MR) is 59.1 cm³/mol. The van der Waals surface area contributed by atoms with E-state index in [9.17, 15) is 13.2 Å². The fraction of sp³-hybridized carbons (Fsp3) is 0.200. The zero-order valence-electron chi connectivity index (χ0n) is 8.66. The Morgan fingerprint density at radius 2 is 2.00 bits per heavy atom. The molecule has 0 unspecified atom stereocenters. The summed E-state index contributed by atoms with van der Waals surface area (Å²) in [5.41, 5.74) is -0.349. The normalized spacial score (nSPS) is 11.8. The molecule has 0 saturated heterocycles. The van der Waals surface area contributed by atoms with Gasteiger partial charge in [-0.3, -0.25) is 0 Å². The second-order valence-corrected chi connectivity index (χ2v) is 4.31. The minimum absolute atomic E-state index is 0.0101. The Kier molecular flexibility index (Phi) is 2.94. The van der Waals surface area contributed by atoms with Gasteiger partial charge in [0.25, 0.3) is 0 Å². The highest BCUT2D eigenvalue weighted by molar-refractivity contribution is 9.10. The first-order chi connectivity index (χ1) is 7.89. The molecule has 0 amide bonds. The molecule has 0 N–H and O–H groups in total. The molecule has 0 aliphatic heterocycles. The summed E-state index contributed by atoms with van der Waals surface area (Å²) in [4.78, 5) is 0. The highest BCUT2D eigenvalue weighted by atomic mass is 79.9. The average Bonchev–Trinajstić information content (AvgIpc) is 2.63. The van der Waals surface area contributed by atoms with Crippen LogP contribution in [0, 0.1) is 0 Å². The number of benzene rings is 1. The number of aromatic nitrogens is 3. The molecule has 1 heterocycles. The number of hydrogen-bond donors (Lipinski definition) is 0. The fourth-order valence-electron chi connectivity index (χ4n) is 1.43. The molecule has 0 radical (unpaired) electrons. The first-order valence-corrected chi connectivity index (χ1v) is 5.40. The Hall–Kier alpha value is -1.37. The van der Waals surface area contributed by atoms with Gasteiger partial charge < -0.3 is 4.57 Å². The van der Waals surface area contributed by atoms with Crippen LogP contribution in [0.4, 0.5) is 13.2 Å². The molecule has 3 nitrogen and oxygen atoms in total. The number of rotatable bonds is 1. The van der Waals surface area contributed by atoms with Crippen LogP contribution < -0.4 is 0 Å². The average molecular weight is 306 g/mol. The van der Waals surface area contributed by atoms with E-state index < -0.39 is 11.7 Å². The Labute approximate surface area is 103 Å². The molecule has 2 aromatic rings. The van der Waals surface area contributed by atoms with Gasteiger partial charge in [-0.1, -0.05) is 22.0 Å². The lowest BCUT2D eigenvalue weighted by atomic mass is 10.1. The summed E-state index contributed by atoms with van der Waals surface area (Å²) in [6, 6.07) is 3.96. The molecule has 0 fully saturated rings. The van der Waals surface area contributed by atoms with Crippen molar-refractivity contribution < 1.29 is 13.2 Å². The van der Waals surface area contributed by atoms with Crippen LogP contribution in [0.15, 0.2) is 29.0 Å². The lowest BCUT2D eigenvalue weighted by molar-refractivity contribution is -0.138. The van der Waals surface area contributed by atoms with Gasteiger partial charge in [-0.25, -0.2) is 0 Å². The first kappa shape index (κ1) is 12.1. The smallest absolute Gasteiger partial charge is 0.317 e. The van der Waals surface area contributed by atoms with Crippen LogP contribution in [0.3, 0.4) is 0 Å². The summed E-state index contributed by atoms with van der Waals surface area (Å²) in [7, 11) is 1.67. The van der Waals surface area contributed by atoms with Gasteiger partial charge in [-0.05, 0) is 12.1 Å². The zero-order valence-corrected chi connectivity index (χ0v) is 10.2. The summed E-state index contributed by atoms with van der Waals surface area (Å²) < 4.78 is 39.7. The monoisotopic (exact) mass is 305 g/mol. The summed E-state index contributed by atoms with van der Waals surface area (Å²) >= 11 is 2.89. The van der Waals surface area contributed by atoms with E-state index in [0.717, 1.165) is 6.07 Å². The van der Waals surface area contributed by atoms with E-state index >= 15 is 0 Å². The molecular weight excluding hydrogens is 299 g/mol. The van der Waals surface area contributed by atoms with Gasteiger partial charge in [-0.2, -0.15) is 13.2 Å². The van der Waals surface area contributed by atoms with Crippen LogP contribution in [0.25, 0.3) is 11.4 Å². The number of alkyl halides is 3. The first-order valence-electron chi connectivity index (χ1n) is 4.60. The van der Waals surface area contributed by atoms with Gasteiger partial charge in [0.05, 0.1) is 5.56 Å². The van der Waals surface area contributed by atoms with Crippen molar-refractivity contribution >= 4 is 15.9 Å². The van der Waals surface area contributed by atoms with Gasteiger partial charge in [0.2, 0.25) is 0 Å². The van der Waals surface area contributed by atoms with Crippen LogP contribution >= 0.6 is 15.9 Å². The van der Waals surface area contributed by atoms with Gasteiger partial charge >= 0.3 is 6.18 Å². The van der Waals surface area contributed by atoms with E-state index in [1.807, 2.05) is 0 Å². The van der Waals surface area contributed by atoms with E-state index in [1.54, 1.807) is 17.7 Å². The maximum Gasteiger partial charge on any atom is 0.417 e. The Bertz CT molecular complexity index is 548. The maximum atomic E-state index is 12.7. The fourth-order valence-corrected chi connectivity index (χ4v) is 1.90. The van der Waals surface area contributed by atoms with Gasteiger partial charge in [-0.15, -0.1) is 10.2 Å². The second-order valence-electron chi connectivity index (χ2n) is 3.46. The van der Waals surface area contributed by atoms with E-state index in [4.69, 9.17) is 0 Å². The molecule has 90 valence electrons. The van der Waals surface area contributed by atoms with Crippen molar-refractivity contribution in [2.75, 3.05) is 0 Å². The lowest BCUT2D eigenvalue weighted by Gasteiger charge is -2.10. The highest BCUT2D eigenvalue weighted by Gasteiger charge is 2.33. The molecule has 17 heavy (non-hydrogen) atoms. The maximum absolute atomic E-state index is 12.7. The molecule has 0 aliphatic rings. The molecular formula is C10H7BrF3N3. The van der Waals surface area contributed by atoms with Crippen molar-refractivity contribution in [3.63, 3.8) is 0 Å². The van der Waals surface area contributed by atoms with Crippen molar-refractivity contribution in [1.82, 2.24) is 14.8 Å². The molecule has 1 aromatic heterocycles. The van der Waals surface area contributed by atoms with Gasteiger partial charge in [0.1, 0.15) is 6.33 Å². The SMILES string of the molecule is Cn1cnnc1-c1ccc(Br)c(C(F)(F)F)c1. The molecule has 1 aromatic carbocycles. The molecule has 0 saturated carbocycles. The summed E-state index contributed by atoms with van der Waals surface area (Å²) in [6.45, 7) is 0. The van der Waals surface area contributed by atoms with Crippen LogP contribution in [0.1, 0.15) is 5.56 Å². The molecule has 0 atom stereocenters. The van der Waals surface area contributed by atoms with Crippen molar-refractivity contribution in [3.05, 3.63) is 34.6 Å². The number of halogens is 4. The van der Waals surface area contributed by atoms with E-state index in [2.05, 4.69) is 26.1 Å². The summed E-state index contributed by atoms with van der Waals surface area (Å²) in [5.74, 6) is 0.392. The minimum Gasteiger partial charge on any atom is -0.317 e. The number of nitrogens with zero attached hydrogens (tertiary/aromatic N) is 3. The summed E-state index contributed by atoms with van der Waals surface area (Å²) in [5, 5.41) is 7.40. The van der Waals surface area contributed by atoms with Crippen LogP contribution in [0.2, 0.25) is 0 Å². The largest absolute Gasteiger partial charge is 0.417 e. The van der Waals surface area contributed by atoms with Gasteiger partial charge in [0, 0.05) is 17.1 Å². The van der Waals surface area contributed by atoms with Crippen LogP contribution in [0.5, 0.6) is 0 Å². The van der Waals surface area contributed by atoms with Crippen LogP contribution in [-0.2, 0) is 13.2 Å². The van der Waals surface area contributed by atoms with Crippen molar-refractivity contribution in [1.29, 1.82) is 0 Å². The Balaban J connectivity index is 2.56. The molecule has 0 aliphatic carbocycles. The van der Waals surface area contributed by atoms with Crippen molar-refractivity contribution in [2.24, 2.45) is 7.05 Å². The van der Waals surface area contributed by atoms with Crippen molar-refractivity contribution in [3.8, 4) is 11.4 Å². The minimum atomic E-state index is -4.40. The third-order valence-electron chi connectivity index (χ3n) is 2.24. The second kappa shape index (κ2) is 4.14. The third kappa shape index (κ3) is 2.33. The number of hydrogen-bond acceptors (Lipinski definition) is 2.